The number of anilines is 1. The molecule has 1 aromatic rings. The Kier molecular flexibility index (Phi) is 5.74. The molecule has 1 amide bonds. The monoisotopic (exact) mass is 405 g/mol. The number of esters is 1. The number of thioether (sulfide) groups is 2. The Bertz CT molecular complexity index is 674. The smallest absolute Gasteiger partial charge is 0.309 e. The van der Waals surface area contributed by atoms with Gasteiger partial charge in [0.1, 0.15) is 0 Å². The summed E-state index contributed by atoms with van der Waals surface area (Å²) in [5.74, 6) is 3.31. The van der Waals surface area contributed by atoms with Gasteiger partial charge in [-0.1, -0.05) is 24.6 Å². The predicted octanol–water partition coefficient (Wildman–Crippen LogP) is 4.20. The summed E-state index contributed by atoms with van der Waals surface area (Å²) in [5.41, 5.74) is 0.808. The van der Waals surface area contributed by atoms with E-state index in [0.29, 0.717) is 15.9 Å². The van der Waals surface area contributed by atoms with Crippen LogP contribution in [-0.2, 0) is 14.3 Å². The van der Waals surface area contributed by atoms with E-state index in [1.807, 2.05) is 30.3 Å². The van der Waals surface area contributed by atoms with Crippen molar-refractivity contribution in [3.05, 3.63) is 30.3 Å². The maximum atomic E-state index is 12.7. The number of amides is 1. The van der Waals surface area contributed by atoms with Crippen molar-refractivity contribution in [1.82, 2.24) is 0 Å². The molecular formula is C21H27NO3S2. The van der Waals surface area contributed by atoms with Gasteiger partial charge in [-0.25, -0.2) is 0 Å². The van der Waals surface area contributed by atoms with Crippen molar-refractivity contribution in [3.8, 4) is 0 Å². The van der Waals surface area contributed by atoms with Gasteiger partial charge in [-0.3, -0.25) is 9.59 Å². The van der Waals surface area contributed by atoms with Crippen molar-refractivity contribution in [2.24, 2.45) is 17.8 Å². The van der Waals surface area contributed by atoms with Crippen LogP contribution < -0.4 is 4.90 Å². The van der Waals surface area contributed by atoms with Gasteiger partial charge in [-0.15, -0.1) is 23.5 Å². The van der Waals surface area contributed by atoms with E-state index < -0.39 is 0 Å². The molecule has 2 saturated carbocycles. The third-order valence-electron chi connectivity index (χ3n) is 6.31. The molecule has 2 aliphatic carbocycles. The molecular weight excluding hydrogens is 378 g/mol. The molecule has 1 aliphatic heterocycles. The number of ether oxygens (including phenoxy) is 1. The Morgan fingerprint density at radius 2 is 1.74 bits per heavy atom. The molecule has 1 saturated heterocycles. The minimum Gasteiger partial charge on any atom is -0.455 e. The summed E-state index contributed by atoms with van der Waals surface area (Å²) < 4.78 is 5.82. The first-order valence-corrected chi connectivity index (χ1v) is 11.8. The van der Waals surface area contributed by atoms with Crippen LogP contribution in [-0.4, -0.2) is 41.1 Å². The molecule has 146 valence electrons. The highest BCUT2D eigenvalue weighted by Crippen LogP contribution is 2.64. The van der Waals surface area contributed by atoms with Gasteiger partial charge in [-0.2, -0.15) is 0 Å². The standard InChI is InChI=1S/C21H27NO3S2/c1-22(18-8-3-2-4-9-18)19(23)14-25-20(24)15-12-16-6-5-7-17(13-15)21(16)26-10-11-27-21/h2-4,8-9,15-17H,5-7,10-14H2,1H3/t16-,17-/m1/s1. The Morgan fingerprint density at radius 1 is 1.11 bits per heavy atom. The van der Waals surface area contributed by atoms with E-state index >= 15 is 0 Å². The minimum absolute atomic E-state index is 0.0393. The van der Waals surface area contributed by atoms with Gasteiger partial charge < -0.3 is 9.64 Å². The highest BCUT2D eigenvalue weighted by molar-refractivity contribution is 8.21. The van der Waals surface area contributed by atoms with Gasteiger partial charge in [0.15, 0.2) is 6.61 Å². The number of rotatable bonds is 4. The van der Waals surface area contributed by atoms with Gasteiger partial charge in [0.2, 0.25) is 0 Å². The van der Waals surface area contributed by atoms with Crippen LogP contribution in [0.25, 0.3) is 0 Å². The lowest BCUT2D eigenvalue weighted by Crippen LogP contribution is -2.48. The fourth-order valence-corrected chi connectivity index (χ4v) is 8.88. The molecule has 4 nitrogen and oxygen atoms in total. The van der Waals surface area contributed by atoms with E-state index in [4.69, 9.17) is 4.74 Å². The summed E-state index contributed by atoms with van der Waals surface area (Å²) in [5, 5.41) is 0. The summed E-state index contributed by atoms with van der Waals surface area (Å²) >= 11 is 4.28. The van der Waals surface area contributed by atoms with Gasteiger partial charge in [0.25, 0.3) is 5.91 Å². The highest BCUT2D eigenvalue weighted by Gasteiger charge is 2.55. The van der Waals surface area contributed by atoms with Crippen molar-refractivity contribution >= 4 is 41.1 Å². The Balaban J connectivity index is 1.33. The lowest BCUT2D eigenvalue weighted by atomic mass is 9.67. The molecule has 0 N–H and O–H groups in total. The average Bonchev–Trinajstić information content (AvgIpc) is 3.15. The summed E-state index contributed by atoms with van der Waals surface area (Å²) in [4.78, 5) is 26.6. The molecule has 27 heavy (non-hydrogen) atoms. The predicted molar refractivity (Wildman–Crippen MR) is 112 cm³/mol. The van der Waals surface area contributed by atoms with E-state index in [0.717, 1.165) is 18.5 Å². The largest absolute Gasteiger partial charge is 0.455 e. The van der Waals surface area contributed by atoms with E-state index in [1.54, 1.807) is 11.9 Å². The molecule has 2 bridgehead atoms. The molecule has 0 unspecified atom stereocenters. The topological polar surface area (TPSA) is 46.6 Å². The lowest BCUT2D eigenvalue weighted by molar-refractivity contribution is -0.154. The molecule has 1 aromatic carbocycles. The average molecular weight is 406 g/mol. The first-order valence-electron chi connectivity index (χ1n) is 9.86. The highest BCUT2D eigenvalue weighted by atomic mass is 32.2. The van der Waals surface area contributed by atoms with E-state index in [1.165, 1.54) is 30.8 Å². The normalized spacial score (nSPS) is 28.7. The Morgan fingerprint density at radius 3 is 2.37 bits per heavy atom. The number of hydrogen-bond donors (Lipinski definition) is 0. The van der Waals surface area contributed by atoms with Crippen LogP contribution in [0.1, 0.15) is 32.1 Å². The quantitative estimate of drug-likeness (QED) is 0.703. The number of para-hydroxylation sites is 1. The van der Waals surface area contributed by atoms with E-state index in [-0.39, 0.29) is 24.4 Å². The summed E-state index contributed by atoms with van der Waals surface area (Å²) in [6.07, 6.45) is 5.61. The molecule has 1 heterocycles. The number of benzene rings is 1. The second-order valence-electron chi connectivity index (χ2n) is 7.81. The molecule has 1 spiro atoms. The molecule has 4 rings (SSSR count). The van der Waals surface area contributed by atoms with Gasteiger partial charge in [-0.05, 0) is 49.7 Å². The van der Waals surface area contributed by atoms with Crippen molar-refractivity contribution in [1.29, 1.82) is 0 Å². The maximum Gasteiger partial charge on any atom is 0.309 e. The molecule has 0 radical (unpaired) electrons. The van der Waals surface area contributed by atoms with Gasteiger partial charge in [0, 0.05) is 24.2 Å². The maximum absolute atomic E-state index is 12.7. The van der Waals surface area contributed by atoms with Crippen molar-refractivity contribution < 1.29 is 14.3 Å². The molecule has 0 aromatic heterocycles. The zero-order chi connectivity index (χ0) is 18.9. The molecule has 6 heteroatoms. The van der Waals surface area contributed by atoms with Crippen LogP contribution in [0.4, 0.5) is 5.69 Å². The van der Waals surface area contributed by atoms with Gasteiger partial charge in [0.05, 0.1) is 10.00 Å². The second-order valence-corrected chi connectivity index (χ2v) is 10.8. The molecule has 3 fully saturated rings. The number of likely N-dealkylation sites (N-methyl/N-ethyl adjacent to an activating group) is 1. The third-order valence-corrected chi connectivity index (χ3v) is 10.3. The summed E-state index contributed by atoms with van der Waals surface area (Å²) in [6, 6.07) is 9.44. The minimum atomic E-state index is -0.191. The zero-order valence-corrected chi connectivity index (χ0v) is 17.4. The first-order chi connectivity index (χ1) is 13.1. The fourth-order valence-electron chi connectivity index (χ4n) is 4.94. The van der Waals surface area contributed by atoms with E-state index in [2.05, 4.69) is 23.5 Å². The summed E-state index contributed by atoms with van der Waals surface area (Å²) in [6.45, 7) is -0.176. The van der Waals surface area contributed by atoms with Crippen LogP contribution >= 0.6 is 23.5 Å². The Labute approximate surface area is 169 Å². The van der Waals surface area contributed by atoms with Crippen LogP contribution in [0.15, 0.2) is 30.3 Å². The first kappa shape index (κ1) is 19.2. The van der Waals surface area contributed by atoms with E-state index in [9.17, 15) is 9.59 Å². The third kappa shape index (κ3) is 3.75. The Hall–Kier alpha value is -1.14. The van der Waals surface area contributed by atoms with Crippen molar-refractivity contribution in [3.63, 3.8) is 0 Å². The second kappa shape index (κ2) is 8.08. The number of carbonyl (C=O) groups excluding carboxylic acids is 2. The lowest BCUT2D eigenvalue weighted by Gasteiger charge is -2.51. The van der Waals surface area contributed by atoms with Gasteiger partial charge >= 0.3 is 5.97 Å². The van der Waals surface area contributed by atoms with Crippen LogP contribution in [0.5, 0.6) is 0 Å². The molecule has 3 aliphatic rings. The van der Waals surface area contributed by atoms with Crippen LogP contribution in [0, 0.1) is 17.8 Å². The van der Waals surface area contributed by atoms with Crippen LogP contribution in [0.2, 0.25) is 0 Å². The van der Waals surface area contributed by atoms with Crippen molar-refractivity contribution in [2.45, 2.75) is 36.2 Å². The van der Waals surface area contributed by atoms with Crippen molar-refractivity contribution in [2.75, 3.05) is 30.1 Å². The fraction of sp³-hybridized carbons (Fsp3) is 0.619. The summed E-state index contributed by atoms with van der Waals surface area (Å²) in [7, 11) is 1.72. The SMILES string of the molecule is CN(C(=O)COC(=O)C1C[C@H]2CCC[C@H](C1)C21SCCS1)c1ccccc1. The number of carbonyl (C=O) groups is 2. The molecule has 2 atom stereocenters. The van der Waals surface area contributed by atoms with Crippen LogP contribution in [0.3, 0.4) is 0 Å². The number of nitrogens with zero attached hydrogens (tertiary/aromatic N) is 1. The number of hydrogen-bond acceptors (Lipinski definition) is 5. The zero-order valence-electron chi connectivity index (χ0n) is 15.8.